The van der Waals surface area contributed by atoms with E-state index < -0.39 is 0 Å². The molecule has 14 heavy (non-hydrogen) atoms. The van der Waals surface area contributed by atoms with Crippen LogP contribution in [-0.4, -0.2) is 30.0 Å². The van der Waals surface area contributed by atoms with Crippen molar-refractivity contribution in [2.75, 3.05) is 18.5 Å². The normalized spacial score (nSPS) is 10.8. The number of nitrogens with zero attached hydrogens (tertiary/aromatic N) is 3. The number of hydrogen-bond donors (Lipinski definition) is 1. The first kappa shape index (κ1) is 10.5. The predicted molar refractivity (Wildman–Crippen MR) is 57.3 cm³/mol. The molecule has 1 aromatic heterocycles. The van der Waals surface area contributed by atoms with E-state index in [1.54, 1.807) is 0 Å². The monoisotopic (exact) mass is 193 g/mol. The van der Waals surface area contributed by atoms with Gasteiger partial charge in [-0.05, 0) is 26.0 Å². The Morgan fingerprint density at radius 2 is 2.29 bits per heavy atom. The molecule has 0 unspecified atom stereocenters. The summed E-state index contributed by atoms with van der Waals surface area (Å²) in [6.45, 7) is 4.88. The number of hydrogen-bond acceptors (Lipinski definition) is 4. The largest absolute Gasteiger partial charge is 0.411 e. The number of aryl methyl sites for hydroxylation is 1. The van der Waals surface area contributed by atoms with Crippen molar-refractivity contribution < 1.29 is 5.21 Å². The summed E-state index contributed by atoms with van der Waals surface area (Å²) in [6, 6.07) is 3.80. The van der Waals surface area contributed by atoms with Crippen molar-refractivity contribution in [2.24, 2.45) is 5.16 Å². The van der Waals surface area contributed by atoms with Crippen LogP contribution in [0.25, 0.3) is 0 Å². The van der Waals surface area contributed by atoms with Gasteiger partial charge in [0.15, 0.2) is 0 Å². The van der Waals surface area contributed by atoms with Gasteiger partial charge in [0.2, 0.25) is 0 Å². The second-order valence-electron chi connectivity index (χ2n) is 3.10. The van der Waals surface area contributed by atoms with E-state index in [4.69, 9.17) is 5.21 Å². The topological polar surface area (TPSA) is 48.7 Å². The molecule has 0 aliphatic heterocycles. The average molecular weight is 193 g/mol. The summed E-state index contributed by atoms with van der Waals surface area (Å²) in [5.74, 6) is 0.931. The van der Waals surface area contributed by atoms with E-state index in [1.165, 1.54) is 6.21 Å². The summed E-state index contributed by atoms with van der Waals surface area (Å²) in [6.07, 6.45) is 1.39. The van der Waals surface area contributed by atoms with Crippen molar-refractivity contribution in [3.8, 4) is 0 Å². The number of anilines is 1. The number of rotatable bonds is 3. The SMILES string of the molecule is CCN(C)c1ccc(/C=N/O)c(C)n1. The Hall–Kier alpha value is -1.58. The lowest BCUT2D eigenvalue weighted by Gasteiger charge is -2.16. The van der Waals surface area contributed by atoms with Crippen LogP contribution in [0.2, 0.25) is 0 Å². The van der Waals surface area contributed by atoms with Crippen LogP contribution in [0.1, 0.15) is 18.2 Å². The highest BCUT2D eigenvalue weighted by molar-refractivity contribution is 5.80. The van der Waals surface area contributed by atoms with Gasteiger partial charge in [0.25, 0.3) is 0 Å². The highest BCUT2D eigenvalue weighted by Gasteiger charge is 2.02. The Morgan fingerprint density at radius 1 is 1.57 bits per heavy atom. The molecule has 0 aliphatic rings. The zero-order chi connectivity index (χ0) is 10.6. The van der Waals surface area contributed by atoms with E-state index in [9.17, 15) is 0 Å². The number of aromatic nitrogens is 1. The fourth-order valence-corrected chi connectivity index (χ4v) is 1.13. The second-order valence-corrected chi connectivity index (χ2v) is 3.10. The van der Waals surface area contributed by atoms with Crippen LogP contribution in [0.3, 0.4) is 0 Å². The van der Waals surface area contributed by atoms with E-state index in [2.05, 4.69) is 17.1 Å². The standard InChI is InChI=1S/C10H15N3O/c1-4-13(3)10-6-5-9(7-11-14)8(2)12-10/h5-7,14H,4H2,1-3H3/b11-7+. The fourth-order valence-electron chi connectivity index (χ4n) is 1.13. The van der Waals surface area contributed by atoms with E-state index in [0.717, 1.165) is 23.6 Å². The maximum atomic E-state index is 8.40. The first-order valence-corrected chi connectivity index (χ1v) is 4.55. The lowest BCUT2D eigenvalue weighted by Crippen LogP contribution is -2.17. The quantitative estimate of drug-likeness (QED) is 0.451. The third-order valence-corrected chi connectivity index (χ3v) is 2.17. The van der Waals surface area contributed by atoms with Crippen LogP contribution in [0.15, 0.2) is 17.3 Å². The van der Waals surface area contributed by atoms with Crippen LogP contribution in [-0.2, 0) is 0 Å². The third-order valence-electron chi connectivity index (χ3n) is 2.17. The van der Waals surface area contributed by atoms with Crippen molar-refractivity contribution in [1.29, 1.82) is 0 Å². The summed E-state index contributed by atoms with van der Waals surface area (Å²) >= 11 is 0. The lowest BCUT2D eigenvalue weighted by molar-refractivity contribution is 0.322. The molecule has 0 aromatic carbocycles. The molecule has 0 radical (unpaired) electrons. The molecule has 1 rings (SSSR count). The Morgan fingerprint density at radius 3 is 2.79 bits per heavy atom. The zero-order valence-corrected chi connectivity index (χ0v) is 8.73. The van der Waals surface area contributed by atoms with E-state index in [-0.39, 0.29) is 0 Å². The Balaban J connectivity index is 3.00. The molecule has 0 fully saturated rings. The van der Waals surface area contributed by atoms with E-state index in [0.29, 0.717) is 0 Å². The lowest BCUT2D eigenvalue weighted by atomic mass is 10.2. The summed E-state index contributed by atoms with van der Waals surface area (Å²) in [5, 5.41) is 11.4. The van der Waals surface area contributed by atoms with Crippen molar-refractivity contribution >= 4 is 12.0 Å². The molecule has 76 valence electrons. The molecule has 4 heteroatoms. The van der Waals surface area contributed by atoms with Crippen LogP contribution in [0.5, 0.6) is 0 Å². The highest BCUT2D eigenvalue weighted by atomic mass is 16.4. The van der Waals surface area contributed by atoms with Crippen LogP contribution < -0.4 is 4.90 Å². The van der Waals surface area contributed by atoms with Gasteiger partial charge in [-0.3, -0.25) is 0 Å². The zero-order valence-electron chi connectivity index (χ0n) is 8.73. The van der Waals surface area contributed by atoms with Crippen LogP contribution in [0, 0.1) is 6.92 Å². The Bertz CT molecular complexity index is 336. The third kappa shape index (κ3) is 2.22. The minimum absolute atomic E-state index is 0.834. The van der Waals surface area contributed by atoms with Gasteiger partial charge in [0, 0.05) is 24.8 Å². The molecule has 0 atom stereocenters. The van der Waals surface area contributed by atoms with Gasteiger partial charge in [-0.1, -0.05) is 5.16 Å². The fraction of sp³-hybridized carbons (Fsp3) is 0.400. The predicted octanol–water partition coefficient (Wildman–Crippen LogP) is 1.65. The first-order valence-electron chi connectivity index (χ1n) is 4.55. The van der Waals surface area contributed by atoms with Gasteiger partial charge < -0.3 is 10.1 Å². The molecule has 0 bridgehead atoms. The average Bonchev–Trinajstić information content (AvgIpc) is 2.20. The molecular formula is C10H15N3O. The van der Waals surface area contributed by atoms with Gasteiger partial charge in [-0.25, -0.2) is 4.98 Å². The highest BCUT2D eigenvalue weighted by Crippen LogP contribution is 2.11. The molecule has 0 aliphatic carbocycles. The first-order chi connectivity index (χ1) is 6.69. The summed E-state index contributed by atoms with van der Waals surface area (Å²) in [7, 11) is 1.99. The number of oxime groups is 1. The van der Waals surface area contributed by atoms with Crippen molar-refractivity contribution in [1.82, 2.24) is 4.98 Å². The van der Waals surface area contributed by atoms with Gasteiger partial charge in [-0.15, -0.1) is 0 Å². The summed E-state index contributed by atoms with van der Waals surface area (Å²) < 4.78 is 0. The molecule has 0 amide bonds. The summed E-state index contributed by atoms with van der Waals surface area (Å²) in [4.78, 5) is 6.43. The number of pyridine rings is 1. The van der Waals surface area contributed by atoms with Gasteiger partial charge in [-0.2, -0.15) is 0 Å². The molecule has 1 heterocycles. The molecule has 1 aromatic rings. The Labute approximate surface area is 83.9 Å². The van der Waals surface area contributed by atoms with E-state index in [1.807, 2.05) is 31.0 Å². The minimum Gasteiger partial charge on any atom is -0.411 e. The van der Waals surface area contributed by atoms with Gasteiger partial charge in [0.1, 0.15) is 5.82 Å². The van der Waals surface area contributed by atoms with Gasteiger partial charge in [0.05, 0.1) is 6.21 Å². The molecule has 1 N–H and O–H groups in total. The molecule has 4 nitrogen and oxygen atoms in total. The van der Waals surface area contributed by atoms with Gasteiger partial charge >= 0.3 is 0 Å². The summed E-state index contributed by atoms with van der Waals surface area (Å²) in [5.41, 5.74) is 1.70. The van der Waals surface area contributed by atoms with Crippen molar-refractivity contribution in [3.63, 3.8) is 0 Å². The Kier molecular flexibility index (Phi) is 3.45. The minimum atomic E-state index is 0.834. The smallest absolute Gasteiger partial charge is 0.128 e. The molecular weight excluding hydrogens is 178 g/mol. The molecule has 0 saturated heterocycles. The van der Waals surface area contributed by atoms with Crippen LogP contribution in [0.4, 0.5) is 5.82 Å². The maximum Gasteiger partial charge on any atom is 0.128 e. The molecule has 0 saturated carbocycles. The maximum absolute atomic E-state index is 8.40. The molecule has 0 spiro atoms. The van der Waals surface area contributed by atoms with E-state index >= 15 is 0 Å². The van der Waals surface area contributed by atoms with Crippen molar-refractivity contribution in [2.45, 2.75) is 13.8 Å². The second kappa shape index (κ2) is 4.60. The van der Waals surface area contributed by atoms with Crippen LogP contribution >= 0.6 is 0 Å². The van der Waals surface area contributed by atoms with Crippen molar-refractivity contribution in [3.05, 3.63) is 23.4 Å².